The summed E-state index contributed by atoms with van der Waals surface area (Å²) in [4.78, 5) is 2.25. The summed E-state index contributed by atoms with van der Waals surface area (Å²) in [6.45, 7) is 4.48. The van der Waals surface area contributed by atoms with Crippen molar-refractivity contribution >= 4 is 0 Å². The van der Waals surface area contributed by atoms with E-state index < -0.39 is 0 Å². The highest BCUT2D eigenvalue weighted by atomic mass is 16.5. The Morgan fingerprint density at radius 1 is 1.37 bits per heavy atom. The van der Waals surface area contributed by atoms with E-state index in [2.05, 4.69) is 17.9 Å². The molecule has 1 saturated carbocycles. The SMILES string of the molecule is CCCC1CCC(C#N)C(N(CCO)CCOC)C1. The molecule has 1 N–H and O–H groups in total. The summed E-state index contributed by atoms with van der Waals surface area (Å²) in [5, 5.41) is 18.6. The highest BCUT2D eigenvalue weighted by molar-refractivity contribution is 4.97. The zero-order valence-corrected chi connectivity index (χ0v) is 12.3. The van der Waals surface area contributed by atoms with Gasteiger partial charge in [0.1, 0.15) is 0 Å². The molecule has 110 valence electrons. The van der Waals surface area contributed by atoms with Crippen LogP contribution in [0.2, 0.25) is 0 Å². The lowest BCUT2D eigenvalue weighted by atomic mass is 9.76. The van der Waals surface area contributed by atoms with Crippen LogP contribution < -0.4 is 0 Å². The topological polar surface area (TPSA) is 56.5 Å². The van der Waals surface area contributed by atoms with Gasteiger partial charge in [0.25, 0.3) is 0 Å². The third-order valence-corrected chi connectivity index (χ3v) is 4.23. The fourth-order valence-corrected chi connectivity index (χ4v) is 3.24. The molecule has 0 aromatic carbocycles. The second kappa shape index (κ2) is 9.30. The number of nitrogens with zero attached hydrogens (tertiary/aromatic N) is 2. The van der Waals surface area contributed by atoms with Gasteiger partial charge in [-0.15, -0.1) is 0 Å². The predicted octanol–water partition coefficient (Wildman–Crippen LogP) is 2.04. The molecule has 0 bridgehead atoms. The van der Waals surface area contributed by atoms with Crippen molar-refractivity contribution in [3.8, 4) is 6.07 Å². The molecular formula is C15H28N2O2. The van der Waals surface area contributed by atoms with Crippen LogP contribution in [0.5, 0.6) is 0 Å². The molecule has 3 atom stereocenters. The molecular weight excluding hydrogens is 240 g/mol. The van der Waals surface area contributed by atoms with Gasteiger partial charge in [-0.25, -0.2) is 0 Å². The fourth-order valence-electron chi connectivity index (χ4n) is 3.24. The molecule has 0 aliphatic heterocycles. The maximum atomic E-state index is 9.35. The summed E-state index contributed by atoms with van der Waals surface area (Å²) in [6.07, 6.45) is 5.74. The summed E-state index contributed by atoms with van der Waals surface area (Å²) < 4.78 is 5.15. The average Bonchev–Trinajstić information content (AvgIpc) is 2.44. The van der Waals surface area contributed by atoms with Crippen molar-refractivity contribution in [2.24, 2.45) is 11.8 Å². The fraction of sp³-hybridized carbons (Fsp3) is 0.933. The van der Waals surface area contributed by atoms with Crippen LogP contribution in [-0.4, -0.2) is 49.5 Å². The van der Waals surface area contributed by atoms with E-state index in [0.717, 1.165) is 25.3 Å². The maximum Gasteiger partial charge on any atom is 0.0672 e. The Morgan fingerprint density at radius 2 is 2.16 bits per heavy atom. The van der Waals surface area contributed by atoms with E-state index in [0.29, 0.717) is 13.2 Å². The van der Waals surface area contributed by atoms with E-state index in [-0.39, 0.29) is 18.6 Å². The highest BCUT2D eigenvalue weighted by Gasteiger charge is 2.33. The zero-order chi connectivity index (χ0) is 14.1. The lowest BCUT2D eigenvalue weighted by Gasteiger charge is -2.40. The van der Waals surface area contributed by atoms with Crippen LogP contribution >= 0.6 is 0 Å². The minimum absolute atomic E-state index is 0.108. The smallest absolute Gasteiger partial charge is 0.0672 e. The van der Waals surface area contributed by atoms with Gasteiger partial charge in [0, 0.05) is 26.2 Å². The normalized spacial score (nSPS) is 27.4. The van der Waals surface area contributed by atoms with Crippen molar-refractivity contribution in [2.45, 2.75) is 45.1 Å². The Bertz CT molecular complexity index is 278. The first-order valence-corrected chi connectivity index (χ1v) is 7.50. The van der Waals surface area contributed by atoms with Crippen LogP contribution in [0.3, 0.4) is 0 Å². The molecule has 0 radical (unpaired) electrons. The molecule has 1 fully saturated rings. The van der Waals surface area contributed by atoms with Gasteiger partial charge in [-0.1, -0.05) is 19.8 Å². The summed E-state index contributed by atoms with van der Waals surface area (Å²) in [6, 6.07) is 2.76. The van der Waals surface area contributed by atoms with Crippen molar-refractivity contribution in [1.29, 1.82) is 5.26 Å². The minimum Gasteiger partial charge on any atom is -0.395 e. The molecule has 0 heterocycles. The van der Waals surface area contributed by atoms with Crippen LogP contribution in [0.25, 0.3) is 0 Å². The lowest BCUT2D eigenvalue weighted by molar-refractivity contribution is 0.0554. The van der Waals surface area contributed by atoms with Crippen LogP contribution in [0.15, 0.2) is 0 Å². The number of aliphatic hydroxyl groups excluding tert-OH is 1. The van der Waals surface area contributed by atoms with Crippen molar-refractivity contribution < 1.29 is 9.84 Å². The molecule has 4 heteroatoms. The number of nitriles is 1. The second-order valence-corrected chi connectivity index (χ2v) is 5.52. The third kappa shape index (κ3) is 5.10. The van der Waals surface area contributed by atoms with Crippen molar-refractivity contribution in [3.05, 3.63) is 0 Å². The number of rotatable bonds is 8. The number of hydrogen-bond donors (Lipinski definition) is 1. The number of ether oxygens (including phenoxy) is 1. The van der Waals surface area contributed by atoms with Gasteiger partial charge < -0.3 is 9.84 Å². The van der Waals surface area contributed by atoms with Gasteiger partial charge in [0.15, 0.2) is 0 Å². The van der Waals surface area contributed by atoms with Gasteiger partial charge in [0.2, 0.25) is 0 Å². The molecule has 19 heavy (non-hydrogen) atoms. The van der Waals surface area contributed by atoms with Gasteiger partial charge in [-0.05, 0) is 25.2 Å². The largest absolute Gasteiger partial charge is 0.395 e. The van der Waals surface area contributed by atoms with Gasteiger partial charge in [0.05, 0.1) is 25.2 Å². The maximum absolute atomic E-state index is 9.35. The van der Waals surface area contributed by atoms with Crippen LogP contribution in [0.1, 0.15) is 39.0 Å². The standard InChI is InChI=1S/C15H28N2O2/c1-3-4-13-5-6-14(12-16)15(11-13)17(7-9-18)8-10-19-2/h13-15,18H,3-11H2,1-2H3. The van der Waals surface area contributed by atoms with E-state index in [1.807, 2.05) is 0 Å². The Balaban J connectivity index is 2.66. The third-order valence-electron chi connectivity index (χ3n) is 4.23. The molecule has 0 amide bonds. The van der Waals surface area contributed by atoms with E-state index in [1.165, 1.54) is 19.3 Å². The van der Waals surface area contributed by atoms with Crippen molar-refractivity contribution in [2.75, 3.05) is 33.4 Å². The second-order valence-electron chi connectivity index (χ2n) is 5.52. The first-order chi connectivity index (χ1) is 9.26. The van der Waals surface area contributed by atoms with E-state index in [1.54, 1.807) is 7.11 Å². The van der Waals surface area contributed by atoms with E-state index in [4.69, 9.17) is 4.74 Å². The van der Waals surface area contributed by atoms with E-state index >= 15 is 0 Å². The van der Waals surface area contributed by atoms with Crippen LogP contribution in [0.4, 0.5) is 0 Å². The van der Waals surface area contributed by atoms with Gasteiger partial charge in [-0.3, -0.25) is 4.90 Å². The summed E-state index contributed by atoms with van der Waals surface area (Å²) in [5.41, 5.74) is 0. The summed E-state index contributed by atoms with van der Waals surface area (Å²) in [7, 11) is 1.69. The molecule has 1 aliphatic rings. The van der Waals surface area contributed by atoms with Crippen LogP contribution in [0, 0.1) is 23.2 Å². The van der Waals surface area contributed by atoms with E-state index in [9.17, 15) is 10.4 Å². The lowest BCUT2D eigenvalue weighted by Crippen LogP contribution is -2.46. The van der Waals surface area contributed by atoms with Crippen molar-refractivity contribution in [3.63, 3.8) is 0 Å². The molecule has 0 aromatic rings. The number of methoxy groups -OCH3 is 1. The first kappa shape index (κ1) is 16.4. The Labute approximate surface area is 117 Å². The molecule has 0 saturated heterocycles. The molecule has 3 unspecified atom stereocenters. The summed E-state index contributed by atoms with van der Waals surface area (Å²) >= 11 is 0. The number of aliphatic hydroxyl groups is 1. The predicted molar refractivity (Wildman–Crippen MR) is 75.7 cm³/mol. The molecule has 1 rings (SSSR count). The van der Waals surface area contributed by atoms with Crippen LogP contribution in [-0.2, 0) is 4.74 Å². The minimum atomic E-state index is 0.108. The van der Waals surface area contributed by atoms with Gasteiger partial charge >= 0.3 is 0 Å². The molecule has 1 aliphatic carbocycles. The number of hydrogen-bond acceptors (Lipinski definition) is 4. The first-order valence-electron chi connectivity index (χ1n) is 7.50. The van der Waals surface area contributed by atoms with Crippen molar-refractivity contribution in [1.82, 2.24) is 4.90 Å². The Morgan fingerprint density at radius 3 is 2.74 bits per heavy atom. The zero-order valence-electron chi connectivity index (χ0n) is 12.3. The average molecular weight is 268 g/mol. The molecule has 0 spiro atoms. The molecule has 0 aromatic heterocycles. The Hall–Kier alpha value is -0.630. The highest BCUT2D eigenvalue weighted by Crippen LogP contribution is 2.34. The Kier molecular flexibility index (Phi) is 8.04. The van der Waals surface area contributed by atoms with Gasteiger partial charge in [-0.2, -0.15) is 5.26 Å². The quantitative estimate of drug-likeness (QED) is 0.732. The molecule has 4 nitrogen and oxygen atoms in total. The summed E-state index contributed by atoms with van der Waals surface area (Å²) in [5.74, 6) is 0.847. The monoisotopic (exact) mass is 268 g/mol.